The van der Waals surface area contributed by atoms with Gasteiger partial charge in [0.2, 0.25) is 0 Å². The number of ketones is 1. The van der Waals surface area contributed by atoms with Crippen molar-refractivity contribution in [3.05, 3.63) is 65.7 Å². The van der Waals surface area contributed by atoms with E-state index in [9.17, 15) is 9.59 Å². The Bertz CT molecular complexity index is 863. The van der Waals surface area contributed by atoms with E-state index >= 15 is 0 Å². The largest absolute Gasteiger partial charge is 0.321 e. The fourth-order valence-corrected chi connectivity index (χ4v) is 2.34. The standard InChI is InChI=1S/C17H15N3O2/c1-11(21)13-6-8-14(9-7-13)19-17(22)16-15-5-3-4-10-20(15)12(2)18-16/h3-10H,1-2H3,(H,19,22). The summed E-state index contributed by atoms with van der Waals surface area (Å²) in [6.07, 6.45) is 1.87. The highest BCUT2D eigenvalue weighted by Crippen LogP contribution is 2.16. The molecule has 3 aromatic rings. The average molecular weight is 293 g/mol. The molecule has 2 aromatic heterocycles. The van der Waals surface area contributed by atoms with Crippen LogP contribution in [0.15, 0.2) is 48.7 Å². The van der Waals surface area contributed by atoms with Crippen molar-refractivity contribution < 1.29 is 9.59 Å². The van der Waals surface area contributed by atoms with Crippen molar-refractivity contribution in [3.8, 4) is 0 Å². The van der Waals surface area contributed by atoms with Crippen molar-refractivity contribution in [1.29, 1.82) is 0 Å². The van der Waals surface area contributed by atoms with Gasteiger partial charge in [0.1, 0.15) is 5.82 Å². The van der Waals surface area contributed by atoms with Gasteiger partial charge in [-0.2, -0.15) is 0 Å². The Balaban J connectivity index is 1.89. The molecule has 0 atom stereocenters. The fourth-order valence-electron chi connectivity index (χ4n) is 2.34. The summed E-state index contributed by atoms with van der Waals surface area (Å²) >= 11 is 0. The van der Waals surface area contributed by atoms with Crippen molar-refractivity contribution in [1.82, 2.24) is 9.38 Å². The number of pyridine rings is 1. The molecule has 0 radical (unpaired) electrons. The molecule has 0 aliphatic heterocycles. The van der Waals surface area contributed by atoms with E-state index in [1.165, 1.54) is 6.92 Å². The van der Waals surface area contributed by atoms with Gasteiger partial charge in [0, 0.05) is 17.4 Å². The van der Waals surface area contributed by atoms with E-state index in [1.807, 2.05) is 35.7 Å². The fraction of sp³-hybridized carbons (Fsp3) is 0.118. The smallest absolute Gasteiger partial charge is 0.276 e. The molecule has 0 aliphatic rings. The van der Waals surface area contributed by atoms with E-state index < -0.39 is 0 Å². The molecule has 0 fully saturated rings. The molecule has 5 heteroatoms. The lowest BCUT2D eigenvalue weighted by Gasteiger charge is -2.04. The molecule has 0 aliphatic carbocycles. The molecule has 3 rings (SSSR count). The number of imidazole rings is 1. The first kappa shape index (κ1) is 14.0. The lowest BCUT2D eigenvalue weighted by molar-refractivity contribution is 0.101. The van der Waals surface area contributed by atoms with E-state index in [0.717, 1.165) is 11.3 Å². The lowest BCUT2D eigenvalue weighted by atomic mass is 10.1. The first-order valence-electron chi connectivity index (χ1n) is 6.92. The van der Waals surface area contributed by atoms with E-state index in [1.54, 1.807) is 24.3 Å². The normalized spacial score (nSPS) is 10.6. The SMILES string of the molecule is CC(=O)c1ccc(NC(=O)c2nc(C)n3ccccc23)cc1. The van der Waals surface area contributed by atoms with E-state index in [0.29, 0.717) is 16.9 Å². The number of Topliss-reactive ketones (excluding diaryl/α,β-unsaturated/α-hetero) is 1. The number of benzene rings is 1. The molecule has 0 saturated heterocycles. The summed E-state index contributed by atoms with van der Waals surface area (Å²) in [5, 5.41) is 2.80. The maximum Gasteiger partial charge on any atom is 0.276 e. The van der Waals surface area contributed by atoms with Crippen LogP contribution in [0.2, 0.25) is 0 Å². The molecule has 5 nitrogen and oxygen atoms in total. The summed E-state index contributed by atoms with van der Waals surface area (Å²) < 4.78 is 1.87. The van der Waals surface area contributed by atoms with Gasteiger partial charge >= 0.3 is 0 Å². The topological polar surface area (TPSA) is 63.5 Å². The molecule has 0 saturated carbocycles. The second-order valence-electron chi connectivity index (χ2n) is 5.05. The summed E-state index contributed by atoms with van der Waals surface area (Å²) in [4.78, 5) is 28.0. The van der Waals surface area contributed by atoms with Gasteiger partial charge < -0.3 is 9.72 Å². The Morgan fingerprint density at radius 3 is 2.50 bits per heavy atom. The maximum atomic E-state index is 12.4. The van der Waals surface area contributed by atoms with Crippen LogP contribution in [0, 0.1) is 6.92 Å². The highest BCUT2D eigenvalue weighted by atomic mass is 16.2. The molecule has 1 amide bonds. The number of hydrogen-bond acceptors (Lipinski definition) is 3. The number of nitrogens with one attached hydrogen (secondary N) is 1. The number of fused-ring (bicyclic) bond motifs is 1. The number of aryl methyl sites for hydroxylation is 1. The van der Waals surface area contributed by atoms with Gasteiger partial charge in [-0.1, -0.05) is 6.07 Å². The van der Waals surface area contributed by atoms with Gasteiger partial charge in [-0.25, -0.2) is 4.98 Å². The quantitative estimate of drug-likeness (QED) is 0.755. The second kappa shape index (κ2) is 5.44. The Labute approximate surface area is 127 Å². The monoisotopic (exact) mass is 293 g/mol. The third-order valence-corrected chi connectivity index (χ3v) is 3.49. The van der Waals surface area contributed by atoms with Gasteiger partial charge in [0.25, 0.3) is 5.91 Å². The number of anilines is 1. The molecule has 1 aromatic carbocycles. The minimum atomic E-state index is -0.271. The minimum absolute atomic E-state index is 0.00593. The number of rotatable bonds is 3. The van der Waals surface area contributed by atoms with Gasteiger partial charge in [-0.3, -0.25) is 9.59 Å². The Morgan fingerprint density at radius 2 is 1.82 bits per heavy atom. The van der Waals surface area contributed by atoms with Crippen molar-refractivity contribution in [2.24, 2.45) is 0 Å². The Kier molecular flexibility index (Phi) is 3.47. The van der Waals surface area contributed by atoms with Crippen LogP contribution in [0.1, 0.15) is 33.6 Å². The van der Waals surface area contributed by atoms with Crippen molar-refractivity contribution >= 4 is 22.9 Å². The molecule has 0 bridgehead atoms. The van der Waals surface area contributed by atoms with E-state index in [4.69, 9.17) is 0 Å². The summed E-state index contributed by atoms with van der Waals surface area (Å²) in [5.74, 6) is 0.480. The maximum absolute atomic E-state index is 12.4. The number of amides is 1. The van der Waals surface area contributed by atoms with Crippen LogP contribution < -0.4 is 5.32 Å². The van der Waals surface area contributed by atoms with Crippen LogP contribution in [-0.4, -0.2) is 21.1 Å². The van der Waals surface area contributed by atoms with Crippen LogP contribution in [0.3, 0.4) is 0 Å². The summed E-state index contributed by atoms with van der Waals surface area (Å²) in [7, 11) is 0. The van der Waals surface area contributed by atoms with Crippen LogP contribution >= 0.6 is 0 Å². The van der Waals surface area contributed by atoms with Gasteiger partial charge in [0.05, 0.1) is 5.52 Å². The summed E-state index contributed by atoms with van der Waals surface area (Å²) in [6, 6.07) is 12.4. The molecule has 0 spiro atoms. The van der Waals surface area contributed by atoms with Crippen molar-refractivity contribution in [3.63, 3.8) is 0 Å². The lowest BCUT2D eigenvalue weighted by Crippen LogP contribution is -2.13. The van der Waals surface area contributed by atoms with Crippen LogP contribution in [0.25, 0.3) is 5.52 Å². The van der Waals surface area contributed by atoms with Gasteiger partial charge in [0.15, 0.2) is 11.5 Å². The van der Waals surface area contributed by atoms with Crippen molar-refractivity contribution in [2.45, 2.75) is 13.8 Å². The minimum Gasteiger partial charge on any atom is -0.321 e. The number of aromatic nitrogens is 2. The Morgan fingerprint density at radius 1 is 1.09 bits per heavy atom. The predicted molar refractivity (Wildman–Crippen MR) is 84.3 cm³/mol. The molecular formula is C17H15N3O2. The molecule has 22 heavy (non-hydrogen) atoms. The molecular weight excluding hydrogens is 278 g/mol. The average Bonchev–Trinajstić information content (AvgIpc) is 2.86. The highest BCUT2D eigenvalue weighted by molar-refractivity contribution is 6.07. The first-order chi connectivity index (χ1) is 10.6. The van der Waals surface area contributed by atoms with E-state index in [2.05, 4.69) is 10.3 Å². The van der Waals surface area contributed by atoms with Crippen LogP contribution in [0.4, 0.5) is 5.69 Å². The molecule has 110 valence electrons. The predicted octanol–water partition coefficient (Wildman–Crippen LogP) is 3.10. The van der Waals surface area contributed by atoms with Gasteiger partial charge in [-0.15, -0.1) is 0 Å². The third kappa shape index (κ3) is 2.48. The number of carbonyl (C=O) groups is 2. The summed E-state index contributed by atoms with van der Waals surface area (Å²) in [5.41, 5.74) is 2.39. The first-order valence-corrected chi connectivity index (χ1v) is 6.92. The van der Waals surface area contributed by atoms with Crippen LogP contribution in [-0.2, 0) is 0 Å². The number of hydrogen-bond donors (Lipinski definition) is 1. The van der Waals surface area contributed by atoms with Crippen LogP contribution in [0.5, 0.6) is 0 Å². The zero-order valence-corrected chi connectivity index (χ0v) is 12.3. The number of nitrogens with zero attached hydrogens (tertiary/aromatic N) is 2. The molecule has 1 N–H and O–H groups in total. The molecule has 2 heterocycles. The highest BCUT2D eigenvalue weighted by Gasteiger charge is 2.15. The second-order valence-corrected chi connectivity index (χ2v) is 5.05. The van der Waals surface area contributed by atoms with Gasteiger partial charge in [-0.05, 0) is 50.2 Å². The summed E-state index contributed by atoms with van der Waals surface area (Å²) in [6.45, 7) is 3.36. The van der Waals surface area contributed by atoms with E-state index in [-0.39, 0.29) is 11.7 Å². The van der Waals surface area contributed by atoms with Crippen molar-refractivity contribution in [2.75, 3.05) is 5.32 Å². The zero-order chi connectivity index (χ0) is 15.7. The molecule has 0 unspecified atom stereocenters. The number of carbonyl (C=O) groups excluding carboxylic acids is 2. The Hall–Kier alpha value is -2.95. The zero-order valence-electron chi connectivity index (χ0n) is 12.3. The third-order valence-electron chi connectivity index (χ3n) is 3.49.